The van der Waals surface area contributed by atoms with E-state index >= 15 is 0 Å². The summed E-state index contributed by atoms with van der Waals surface area (Å²) in [5, 5.41) is 2.97. The van der Waals surface area contributed by atoms with Gasteiger partial charge in [0.2, 0.25) is 17.8 Å². The minimum atomic E-state index is -0.258. The van der Waals surface area contributed by atoms with Gasteiger partial charge in [0.25, 0.3) is 0 Å². The van der Waals surface area contributed by atoms with E-state index in [0.717, 1.165) is 54.8 Å². The van der Waals surface area contributed by atoms with Gasteiger partial charge in [0, 0.05) is 36.5 Å². The molecule has 0 bridgehead atoms. The Morgan fingerprint density at radius 3 is 2.34 bits per heavy atom. The van der Waals surface area contributed by atoms with E-state index in [0.29, 0.717) is 12.5 Å². The molecule has 1 saturated heterocycles. The van der Waals surface area contributed by atoms with E-state index in [1.807, 2.05) is 73.1 Å². The number of nitrogens with one attached hydrogen (secondary N) is 1. The molecule has 182 valence electrons. The summed E-state index contributed by atoms with van der Waals surface area (Å²) >= 11 is 0. The van der Waals surface area contributed by atoms with E-state index in [1.165, 1.54) is 5.56 Å². The van der Waals surface area contributed by atoms with Gasteiger partial charge in [0.1, 0.15) is 6.54 Å². The van der Waals surface area contributed by atoms with E-state index in [1.54, 1.807) is 4.90 Å². The quantitative estimate of drug-likeness (QED) is 0.523. The van der Waals surface area contributed by atoms with Crippen LogP contribution in [0.25, 0.3) is 16.9 Å². The standard InChI is InChI=1S/C28H32N4O3/c1-19-5-9-21(10-6-19)25-17-32(23-13-7-20(2)8-14-23)28(29-25)30-26(33)18-31(27(34)22-11-12-22)16-24-4-3-15-35-24/h5-10,13-14,17,22,24H,3-4,11-12,15-16,18H2,1-2H3,(H,29,30,33)/t24-/m1/s1. The number of hydrogen-bond acceptors (Lipinski definition) is 4. The molecule has 0 spiro atoms. The second-order valence-electron chi connectivity index (χ2n) is 9.70. The molecule has 2 heterocycles. The Balaban J connectivity index is 1.38. The summed E-state index contributed by atoms with van der Waals surface area (Å²) in [6.07, 6.45) is 5.67. The van der Waals surface area contributed by atoms with Crippen molar-refractivity contribution in [1.29, 1.82) is 0 Å². The van der Waals surface area contributed by atoms with E-state index in [-0.39, 0.29) is 30.4 Å². The predicted molar refractivity (Wildman–Crippen MR) is 135 cm³/mol. The van der Waals surface area contributed by atoms with E-state index < -0.39 is 0 Å². The first-order valence-corrected chi connectivity index (χ1v) is 12.4. The van der Waals surface area contributed by atoms with Crippen molar-refractivity contribution in [3.05, 3.63) is 65.9 Å². The number of amides is 2. The number of aryl methyl sites for hydroxylation is 2. The van der Waals surface area contributed by atoms with Gasteiger partial charge in [-0.3, -0.25) is 19.5 Å². The molecule has 2 amide bonds. The molecule has 1 atom stereocenters. The maximum absolute atomic E-state index is 13.2. The largest absolute Gasteiger partial charge is 0.376 e. The van der Waals surface area contributed by atoms with Crippen LogP contribution in [0.15, 0.2) is 54.7 Å². The highest BCUT2D eigenvalue weighted by Crippen LogP contribution is 2.31. The molecular weight excluding hydrogens is 440 g/mol. The highest BCUT2D eigenvalue weighted by Gasteiger charge is 2.35. The van der Waals surface area contributed by atoms with Gasteiger partial charge < -0.3 is 9.64 Å². The SMILES string of the molecule is Cc1ccc(-c2cn(-c3ccc(C)cc3)c(NC(=O)CN(C[C@H]3CCCO3)C(=O)C3CC3)n2)cc1. The fraction of sp³-hybridized carbons (Fsp3) is 0.393. The number of ether oxygens (including phenoxy) is 1. The molecule has 35 heavy (non-hydrogen) atoms. The topological polar surface area (TPSA) is 76.5 Å². The van der Waals surface area contributed by atoms with Crippen LogP contribution in [0.1, 0.15) is 36.8 Å². The van der Waals surface area contributed by atoms with Crippen LogP contribution in [-0.4, -0.2) is 52.1 Å². The Bertz CT molecular complexity index is 1190. The molecule has 5 rings (SSSR count). The zero-order valence-electron chi connectivity index (χ0n) is 20.4. The number of carbonyl (C=O) groups is 2. The molecule has 1 aromatic heterocycles. The molecule has 1 aliphatic carbocycles. The van der Waals surface area contributed by atoms with Gasteiger partial charge in [-0.15, -0.1) is 0 Å². The van der Waals surface area contributed by atoms with Gasteiger partial charge >= 0.3 is 0 Å². The van der Waals surface area contributed by atoms with Crippen LogP contribution in [0.2, 0.25) is 0 Å². The van der Waals surface area contributed by atoms with Crippen molar-refractivity contribution >= 4 is 17.8 Å². The number of aromatic nitrogens is 2. The predicted octanol–water partition coefficient (Wildman–Crippen LogP) is 4.51. The van der Waals surface area contributed by atoms with Gasteiger partial charge in [-0.1, -0.05) is 47.5 Å². The van der Waals surface area contributed by atoms with Crippen LogP contribution in [-0.2, 0) is 14.3 Å². The Labute approximate surface area is 206 Å². The molecule has 0 unspecified atom stereocenters. The average Bonchev–Trinajstić information content (AvgIpc) is 3.42. The number of nitrogens with zero attached hydrogens (tertiary/aromatic N) is 3. The zero-order valence-corrected chi connectivity index (χ0v) is 20.4. The molecular formula is C28H32N4O3. The van der Waals surface area contributed by atoms with Gasteiger partial charge in [-0.2, -0.15) is 0 Å². The Morgan fingerprint density at radius 1 is 1.03 bits per heavy atom. The molecule has 1 N–H and O–H groups in total. The monoisotopic (exact) mass is 472 g/mol. The van der Waals surface area contributed by atoms with E-state index in [2.05, 4.69) is 5.32 Å². The number of imidazole rings is 1. The maximum Gasteiger partial charge on any atom is 0.246 e. The molecule has 0 radical (unpaired) electrons. The van der Waals surface area contributed by atoms with Crippen LogP contribution >= 0.6 is 0 Å². The minimum absolute atomic E-state index is 0.00415. The first-order valence-electron chi connectivity index (χ1n) is 12.4. The zero-order chi connectivity index (χ0) is 24.4. The lowest BCUT2D eigenvalue weighted by molar-refractivity contribution is -0.137. The number of rotatable bonds is 8. The summed E-state index contributed by atoms with van der Waals surface area (Å²) in [4.78, 5) is 32.5. The lowest BCUT2D eigenvalue weighted by Gasteiger charge is -2.25. The third-order valence-electron chi connectivity index (χ3n) is 6.64. The number of benzene rings is 2. The summed E-state index contributed by atoms with van der Waals surface area (Å²) in [5.41, 5.74) is 4.97. The smallest absolute Gasteiger partial charge is 0.246 e. The molecule has 3 aromatic rings. The Kier molecular flexibility index (Phi) is 6.68. The van der Waals surface area contributed by atoms with E-state index in [4.69, 9.17) is 9.72 Å². The lowest BCUT2D eigenvalue weighted by Crippen LogP contribution is -2.43. The highest BCUT2D eigenvalue weighted by atomic mass is 16.5. The van der Waals surface area contributed by atoms with Crippen molar-refractivity contribution in [1.82, 2.24) is 14.5 Å². The number of carbonyl (C=O) groups excluding carboxylic acids is 2. The van der Waals surface area contributed by atoms with Crippen molar-refractivity contribution in [2.24, 2.45) is 5.92 Å². The summed E-state index contributed by atoms with van der Waals surface area (Å²) in [6, 6.07) is 16.2. The van der Waals surface area contributed by atoms with Crippen molar-refractivity contribution in [3.8, 4) is 16.9 Å². The molecule has 1 saturated carbocycles. The molecule has 2 aliphatic rings. The first kappa shape index (κ1) is 23.3. The van der Waals surface area contributed by atoms with Crippen molar-refractivity contribution < 1.29 is 14.3 Å². The first-order chi connectivity index (χ1) is 17.0. The third kappa shape index (κ3) is 5.62. The third-order valence-corrected chi connectivity index (χ3v) is 6.64. The van der Waals surface area contributed by atoms with Crippen LogP contribution in [0, 0.1) is 19.8 Å². The summed E-state index contributed by atoms with van der Waals surface area (Å²) in [6.45, 7) is 5.26. The molecule has 2 aromatic carbocycles. The summed E-state index contributed by atoms with van der Waals surface area (Å²) < 4.78 is 7.63. The van der Waals surface area contributed by atoms with Gasteiger partial charge in [-0.05, 0) is 51.7 Å². The minimum Gasteiger partial charge on any atom is -0.376 e. The Hall–Kier alpha value is -3.45. The van der Waals surface area contributed by atoms with Crippen LogP contribution in [0.5, 0.6) is 0 Å². The second kappa shape index (κ2) is 10.0. The summed E-state index contributed by atoms with van der Waals surface area (Å²) in [7, 11) is 0. The molecule has 1 aliphatic heterocycles. The highest BCUT2D eigenvalue weighted by molar-refractivity contribution is 5.94. The molecule has 2 fully saturated rings. The van der Waals surface area contributed by atoms with Gasteiger partial charge in [0.05, 0.1) is 11.8 Å². The molecule has 7 nitrogen and oxygen atoms in total. The van der Waals surface area contributed by atoms with Gasteiger partial charge in [0.15, 0.2) is 0 Å². The van der Waals surface area contributed by atoms with Crippen LogP contribution < -0.4 is 5.32 Å². The van der Waals surface area contributed by atoms with Gasteiger partial charge in [-0.25, -0.2) is 4.98 Å². The summed E-state index contributed by atoms with van der Waals surface area (Å²) in [5.74, 6) is 0.279. The molecule has 7 heteroatoms. The van der Waals surface area contributed by atoms with Crippen LogP contribution in [0.3, 0.4) is 0 Å². The van der Waals surface area contributed by atoms with E-state index in [9.17, 15) is 9.59 Å². The normalized spacial score (nSPS) is 17.4. The van der Waals surface area contributed by atoms with Crippen molar-refractivity contribution in [2.45, 2.75) is 45.6 Å². The maximum atomic E-state index is 13.2. The number of hydrogen-bond donors (Lipinski definition) is 1. The second-order valence-corrected chi connectivity index (χ2v) is 9.70. The Morgan fingerprint density at radius 2 is 1.71 bits per heavy atom. The van der Waals surface area contributed by atoms with Crippen molar-refractivity contribution in [3.63, 3.8) is 0 Å². The van der Waals surface area contributed by atoms with Crippen molar-refractivity contribution in [2.75, 3.05) is 25.0 Å². The fourth-order valence-electron chi connectivity index (χ4n) is 4.43. The number of anilines is 1. The average molecular weight is 473 g/mol. The lowest BCUT2D eigenvalue weighted by atomic mass is 10.1. The fourth-order valence-corrected chi connectivity index (χ4v) is 4.43. The van der Waals surface area contributed by atoms with Crippen LogP contribution in [0.4, 0.5) is 5.95 Å².